The first kappa shape index (κ1) is 9.28. The first-order valence-electron chi connectivity index (χ1n) is 4.33. The molecule has 2 rings (SSSR count). The molecular weight excluding hydrogens is 192 g/mol. The van der Waals surface area contributed by atoms with Gasteiger partial charge in [-0.1, -0.05) is 0 Å². The van der Waals surface area contributed by atoms with Crippen molar-refractivity contribution >= 4 is 0 Å². The fourth-order valence-corrected chi connectivity index (χ4v) is 1.27. The van der Waals surface area contributed by atoms with Gasteiger partial charge in [-0.15, -0.1) is 0 Å². The Kier molecular flexibility index (Phi) is 2.38. The summed E-state index contributed by atoms with van der Waals surface area (Å²) in [5, 5.41) is 8.77. The number of benzene rings is 1. The molecule has 0 aliphatic heterocycles. The van der Waals surface area contributed by atoms with Crippen LogP contribution in [0.2, 0.25) is 0 Å². The molecule has 15 heavy (non-hydrogen) atoms. The van der Waals surface area contributed by atoms with Crippen LogP contribution in [0.3, 0.4) is 0 Å². The van der Waals surface area contributed by atoms with Crippen LogP contribution in [0, 0.1) is 11.3 Å². The van der Waals surface area contributed by atoms with E-state index >= 15 is 0 Å². The minimum absolute atomic E-state index is 0.292. The predicted molar refractivity (Wildman–Crippen MR) is 53.2 cm³/mol. The maximum atomic E-state index is 8.77. The van der Waals surface area contributed by atoms with E-state index in [2.05, 4.69) is 4.98 Å². The maximum Gasteiger partial charge on any atom is 0.187 e. The molecule has 4 nitrogen and oxygen atoms in total. The van der Waals surface area contributed by atoms with Crippen molar-refractivity contribution in [3.8, 4) is 23.1 Å². The summed E-state index contributed by atoms with van der Waals surface area (Å²) >= 11 is 0. The zero-order valence-electron chi connectivity index (χ0n) is 8.10. The summed E-state index contributed by atoms with van der Waals surface area (Å²) in [4.78, 5) is 3.79. The van der Waals surface area contributed by atoms with E-state index in [0.29, 0.717) is 11.5 Å². The van der Waals surface area contributed by atoms with Crippen molar-refractivity contribution in [1.82, 2.24) is 4.98 Å². The predicted octanol–water partition coefficient (Wildman–Crippen LogP) is 2.22. The number of hydrogen-bond acceptors (Lipinski definition) is 4. The fourth-order valence-electron chi connectivity index (χ4n) is 1.27. The van der Waals surface area contributed by atoms with Crippen molar-refractivity contribution in [2.45, 2.75) is 0 Å². The van der Waals surface area contributed by atoms with Crippen LogP contribution >= 0.6 is 0 Å². The number of rotatable bonds is 2. The number of aromatic nitrogens is 1. The smallest absolute Gasteiger partial charge is 0.187 e. The normalized spacial score (nSPS) is 9.60. The minimum atomic E-state index is 0.292. The SMILES string of the molecule is COc1ccc(-c2ocnc2C#N)cc1. The summed E-state index contributed by atoms with van der Waals surface area (Å²) in [6.07, 6.45) is 1.26. The van der Waals surface area contributed by atoms with E-state index in [0.717, 1.165) is 11.3 Å². The lowest BCUT2D eigenvalue weighted by molar-refractivity contribution is 0.415. The molecule has 0 bridgehead atoms. The Bertz CT molecular complexity index is 494. The molecule has 0 amide bonds. The lowest BCUT2D eigenvalue weighted by Crippen LogP contribution is -1.83. The topological polar surface area (TPSA) is 59.1 Å². The van der Waals surface area contributed by atoms with E-state index in [-0.39, 0.29) is 0 Å². The Labute approximate surface area is 86.7 Å². The maximum absolute atomic E-state index is 8.77. The zero-order valence-corrected chi connectivity index (χ0v) is 8.10. The van der Waals surface area contributed by atoms with Crippen molar-refractivity contribution in [3.63, 3.8) is 0 Å². The Balaban J connectivity index is 2.42. The highest BCUT2D eigenvalue weighted by Crippen LogP contribution is 2.24. The van der Waals surface area contributed by atoms with Crippen molar-refractivity contribution in [2.24, 2.45) is 0 Å². The third-order valence-electron chi connectivity index (χ3n) is 2.03. The molecule has 0 N–H and O–H groups in total. The molecule has 0 saturated heterocycles. The Morgan fingerprint density at radius 1 is 1.33 bits per heavy atom. The highest BCUT2D eigenvalue weighted by Gasteiger charge is 2.09. The highest BCUT2D eigenvalue weighted by molar-refractivity contribution is 5.63. The Hall–Kier alpha value is -2.28. The van der Waals surface area contributed by atoms with Gasteiger partial charge in [-0.05, 0) is 24.3 Å². The van der Waals surface area contributed by atoms with E-state index in [9.17, 15) is 0 Å². The molecule has 0 aliphatic rings. The van der Waals surface area contributed by atoms with E-state index in [1.165, 1.54) is 6.39 Å². The third kappa shape index (κ3) is 1.67. The van der Waals surface area contributed by atoms with Gasteiger partial charge in [0, 0.05) is 5.56 Å². The molecule has 2 aromatic rings. The Morgan fingerprint density at radius 3 is 2.67 bits per heavy atom. The summed E-state index contributed by atoms with van der Waals surface area (Å²) < 4.78 is 10.2. The van der Waals surface area contributed by atoms with E-state index in [1.54, 1.807) is 19.2 Å². The lowest BCUT2D eigenvalue weighted by atomic mass is 10.1. The van der Waals surface area contributed by atoms with Crippen LogP contribution in [-0.2, 0) is 0 Å². The minimum Gasteiger partial charge on any atom is -0.497 e. The van der Waals surface area contributed by atoms with Crippen LogP contribution in [0.4, 0.5) is 0 Å². The van der Waals surface area contributed by atoms with Crippen molar-refractivity contribution in [2.75, 3.05) is 7.11 Å². The summed E-state index contributed by atoms with van der Waals surface area (Å²) in [6.45, 7) is 0. The number of nitrogens with zero attached hydrogens (tertiary/aromatic N) is 2. The number of oxazole rings is 1. The molecule has 74 valence electrons. The summed E-state index contributed by atoms with van der Waals surface area (Å²) in [5.41, 5.74) is 1.10. The molecule has 0 fully saturated rings. The molecule has 0 radical (unpaired) electrons. The molecule has 1 aromatic carbocycles. The fraction of sp³-hybridized carbons (Fsp3) is 0.0909. The average Bonchev–Trinajstić information content (AvgIpc) is 2.77. The molecule has 0 atom stereocenters. The van der Waals surface area contributed by atoms with Crippen LogP contribution in [0.25, 0.3) is 11.3 Å². The molecule has 4 heteroatoms. The largest absolute Gasteiger partial charge is 0.497 e. The summed E-state index contributed by atoms with van der Waals surface area (Å²) in [5.74, 6) is 1.25. The van der Waals surface area contributed by atoms with Gasteiger partial charge in [-0.25, -0.2) is 4.98 Å². The Morgan fingerprint density at radius 2 is 2.07 bits per heavy atom. The van der Waals surface area contributed by atoms with E-state index in [4.69, 9.17) is 14.4 Å². The van der Waals surface area contributed by atoms with Crippen LogP contribution in [-0.4, -0.2) is 12.1 Å². The van der Waals surface area contributed by atoms with Crippen LogP contribution in [0.5, 0.6) is 5.75 Å². The highest BCUT2D eigenvalue weighted by atomic mass is 16.5. The number of methoxy groups -OCH3 is 1. The number of ether oxygens (including phenoxy) is 1. The van der Waals surface area contributed by atoms with Crippen LogP contribution in [0.1, 0.15) is 5.69 Å². The molecule has 0 unspecified atom stereocenters. The van der Waals surface area contributed by atoms with Gasteiger partial charge in [0.1, 0.15) is 11.8 Å². The second-order valence-electron chi connectivity index (χ2n) is 2.87. The molecule has 0 spiro atoms. The van der Waals surface area contributed by atoms with Gasteiger partial charge >= 0.3 is 0 Å². The monoisotopic (exact) mass is 200 g/mol. The van der Waals surface area contributed by atoms with Gasteiger partial charge in [0.15, 0.2) is 17.8 Å². The van der Waals surface area contributed by atoms with Gasteiger partial charge < -0.3 is 9.15 Å². The average molecular weight is 200 g/mol. The number of hydrogen-bond donors (Lipinski definition) is 0. The quantitative estimate of drug-likeness (QED) is 0.745. The first-order valence-corrected chi connectivity index (χ1v) is 4.33. The van der Waals surface area contributed by atoms with Crippen molar-refractivity contribution in [3.05, 3.63) is 36.4 Å². The summed E-state index contributed by atoms with van der Waals surface area (Å²) in [6, 6.07) is 9.21. The van der Waals surface area contributed by atoms with Gasteiger partial charge in [0.25, 0.3) is 0 Å². The third-order valence-corrected chi connectivity index (χ3v) is 2.03. The zero-order chi connectivity index (χ0) is 10.7. The van der Waals surface area contributed by atoms with Gasteiger partial charge in [0.2, 0.25) is 0 Å². The van der Waals surface area contributed by atoms with Crippen LogP contribution in [0.15, 0.2) is 35.1 Å². The van der Waals surface area contributed by atoms with E-state index < -0.39 is 0 Å². The second kappa shape index (κ2) is 3.84. The van der Waals surface area contributed by atoms with E-state index in [1.807, 2.05) is 18.2 Å². The van der Waals surface area contributed by atoms with Crippen molar-refractivity contribution < 1.29 is 9.15 Å². The molecular formula is C11H8N2O2. The second-order valence-corrected chi connectivity index (χ2v) is 2.87. The van der Waals surface area contributed by atoms with Gasteiger partial charge in [0.05, 0.1) is 7.11 Å². The molecule has 1 aromatic heterocycles. The molecule has 0 saturated carbocycles. The first-order chi connectivity index (χ1) is 7.35. The standard InChI is InChI=1S/C11H8N2O2/c1-14-9-4-2-8(3-5-9)11-10(6-12)13-7-15-11/h2-5,7H,1H3. The van der Waals surface area contributed by atoms with Crippen molar-refractivity contribution in [1.29, 1.82) is 5.26 Å². The summed E-state index contributed by atoms with van der Waals surface area (Å²) in [7, 11) is 1.60. The number of nitriles is 1. The van der Waals surface area contributed by atoms with Gasteiger partial charge in [-0.2, -0.15) is 5.26 Å². The van der Waals surface area contributed by atoms with Gasteiger partial charge in [-0.3, -0.25) is 0 Å². The molecule has 0 aliphatic carbocycles. The lowest BCUT2D eigenvalue weighted by Gasteiger charge is -2.00. The van der Waals surface area contributed by atoms with Crippen LogP contribution < -0.4 is 4.74 Å². The molecule has 1 heterocycles.